The number of morpholine rings is 1. The Labute approximate surface area is 151 Å². The first-order valence-corrected chi connectivity index (χ1v) is 9.03. The van der Waals surface area contributed by atoms with Gasteiger partial charge < -0.3 is 25.3 Å². The summed E-state index contributed by atoms with van der Waals surface area (Å²) in [6.07, 6.45) is 0.634. The van der Waals surface area contributed by atoms with Gasteiger partial charge >= 0.3 is 0 Å². The molecule has 2 aliphatic heterocycles. The molecule has 0 unspecified atom stereocenters. The molecule has 3 N–H and O–H groups in total. The highest BCUT2D eigenvalue weighted by atomic mass is 16.5. The molecule has 8 nitrogen and oxygen atoms in total. The molecule has 138 valence electrons. The van der Waals surface area contributed by atoms with E-state index in [1.165, 1.54) is 0 Å². The van der Waals surface area contributed by atoms with Crippen molar-refractivity contribution in [2.45, 2.75) is 12.5 Å². The number of nitrogens with one attached hydrogen (secondary N) is 3. The fourth-order valence-electron chi connectivity index (χ4n) is 3.60. The minimum atomic E-state index is -0.243. The fourth-order valence-corrected chi connectivity index (χ4v) is 3.60. The molecular formula is C18H23N5O3. The molecule has 2 saturated heterocycles. The number of hydrogen-bond acceptors (Lipinski definition) is 5. The molecule has 0 radical (unpaired) electrons. The first-order valence-electron chi connectivity index (χ1n) is 9.03. The predicted molar refractivity (Wildman–Crippen MR) is 95.7 cm³/mol. The first-order chi connectivity index (χ1) is 12.7. The Kier molecular flexibility index (Phi) is 4.85. The van der Waals surface area contributed by atoms with E-state index in [4.69, 9.17) is 4.74 Å². The molecule has 0 saturated carbocycles. The molecule has 2 amide bonds. The zero-order valence-electron chi connectivity index (χ0n) is 14.5. The number of benzene rings is 1. The van der Waals surface area contributed by atoms with E-state index in [1.807, 2.05) is 29.2 Å². The SMILES string of the molecule is O=C(N[C@@H]1CNC[C@H](C(=O)N2CCOCC2)C1)c1nc2ccccc2[nH]1. The quantitative estimate of drug-likeness (QED) is 0.725. The number of aromatic nitrogens is 2. The lowest BCUT2D eigenvalue weighted by Gasteiger charge is -2.34. The maximum Gasteiger partial charge on any atom is 0.287 e. The molecule has 1 aromatic heterocycles. The molecule has 3 heterocycles. The Morgan fingerprint density at radius 3 is 2.81 bits per heavy atom. The van der Waals surface area contributed by atoms with Crippen LogP contribution in [-0.4, -0.2) is 72.1 Å². The van der Waals surface area contributed by atoms with Crippen molar-refractivity contribution in [2.24, 2.45) is 5.92 Å². The number of rotatable bonds is 3. The van der Waals surface area contributed by atoms with Crippen LogP contribution in [0.4, 0.5) is 0 Å². The monoisotopic (exact) mass is 357 g/mol. The van der Waals surface area contributed by atoms with Crippen LogP contribution < -0.4 is 10.6 Å². The van der Waals surface area contributed by atoms with Crippen molar-refractivity contribution in [3.63, 3.8) is 0 Å². The van der Waals surface area contributed by atoms with Crippen LogP contribution in [0.3, 0.4) is 0 Å². The van der Waals surface area contributed by atoms with Crippen LogP contribution in [0.5, 0.6) is 0 Å². The normalized spacial score (nSPS) is 23.8. The number of carbonyl (C=O) groups excluding carboxylic acids is 2. The van der Waals surface area contributed by atoms with E-state index in [2.05, 4.69) is 20.6 Å². The maximum absolute atomic E-state index is 12.7. The summed E-state index contributed by atoms with van der Waals surface area (Å²) in [5.41, 5.74) is 1.60. The van der Waals surface area contributed by atoms with Crippen LogP contribution in [0.25, 0.3) is 11.0 Å². The van der Waals surface area contributed by atoms with Gasteiger partial charge in [-0.15, -0.1) is 0 Å². The number of nitrogens with zero attached hydrogens (tertiary/aromatic N) is 2. The average Bonchev–Trinajstić information content (AvgIpc) is 3.13. The molecule has 2 atom stereocenters. The Morgan fingerprint density at radius 2 is 2.00 bits per heavy atom. The van der Waals surface area contributed by atoms with Crippen molar-refractivity contribution in [3.8, 4) is 0 Å². The number of piperidine rings is 1. The Balaban J connectivity index is 1.38. The number of H-pyrrole nitrogens is 1. The topological polar surface area (TPSA) is 99.3 Å². The van der Waals surface area contributed by atoms with Gasteiger partial charge in [0.05, 0.1) is 30.2 Å². The summed E-state index contributed by atoms with van der Waals surface area (Å²) in [6.45, 7) is 3.78. The molecule has 4 rings (SSSR count). The molecular weight excluding hydrogens is 334 g/mol. The number of imidazole rings is 1. The number of carbonyl (C=O) groups is 2. The van der Waals surface area contributed by atoms with Crippen molar-refractivity contribution in [3.05, 3.63) is 30.1 Å². The summed E-state index contributed by atoms with van der Waals surface area (Å²) in [5, 5.41) is 6.26. The molecule has 2 aliphatic rings. The fraction of sp³-hybridized carbons (Fsp3) is 0.500. The Morgan fingerprint density at radius 1 is 1.19 bits per heavy atom. The van der Waals surface area contributed by atoms with Gasteiger partial charge in [-0.1, -0.05) is 12.1 Å². The van der Waals surface area contributed by atoms with Crippen LogP contribution in [0.15, 0.2) is 24.3 Å². The van der Waals surface area contributed by atoms with Gasteiger partial charge in [-0.05, 0) is 18.6 Å². The van der Waals surface area contributed by atoms with Crippen molar-refractivity contribution >= 4 is 22.8 Å². The Bertz CT molecular complexity index is 766. The summed E-state index contributed by atoms with van der Waals surface area (Å²) in [7, 11) is 0. The predicted octanol–water partition coefficient (Wildman–Crippen LogP) is 0.130. The summed E-state index contributed by atoms with van der Waals surface area (Å²) in [6, 6.07) is 7.44. The molecule has 2 fully saturated rings. The van der Waals surface area contributed by atoms with Crippen LogP contribution in [0.2, 0.25) is 0 Å². The number of para-hydroxylation sites is 2. The minimum absolute atomic E-state index is 0.0977. The van der Waals surface area contributed by atoms with Gasteiger partial charge in [0.25, 0.3) is 5.91 Å². The third-order valence-corrected chi connectivity index (χ3v) is 4.96. The van der Waals surface area contributed by atoms with Crippen molar-refractivity contribution in [1.29, 1.82) is 0 Å². The number of hydrogen-bond donors (Lipinski definition) is 3. The smallest absolute Gasteiger partial charge is 0.287 e. The molecule has 0 bridgehead atoms. The van der Waals surface area contributed by atoms with Crippen molar-refractivity contribution in [1.82, 2.24) is 25.5 Å². The van der Waals surface area contributed by atoms with E-state index in [0.717, 1.165) is 11.0 Å². The number of fused-ring (bicyclic) bond motifs is 1. The van der Waals surface area contributed by atoms with Gasteiger partial charge in [0.15, 0.2) is 5.82 Å². The zero-order chi connectivity index (χ0) is 17.9. The van der Waals surface area contributed by atoms with E-state index in [-0.39, 0.29) is 23.8 Å². The molecule has 2 aromatic rings. The van der Waals surface area contributed by atoms with Gasteiger partial charge in [0.2, 0.25) is 5.91 Å². The van der Waals surface area contributed by atoms with Gasteiger partial charge in [-0.2, -0.15) is 0 Å². The van der Waals surface area contributed by atoms with Crippen LogP contribution in [0, 0.1) is 5.92 Å². The summed E-state index contributed by atoms with van der Waals surface area (Å²) in [4.78, 5) is 34.4. The van der Waals surface area contributed by atoms with Crippen LogP contribution >= 0.6 is 0 Å². The number of amides is 2. The average molecular weight is 357 g/mol. The van der Waals surface area contributed by atoms with E-state index < -0.39 is 0 Å². The summed E-state index contributed by atoms with van der Waals surface area (Å²) in [5.74, 6) is 0.0756. The molecule has 0 aliphatic carbocycles. The van der Waals surface area contributed by atoms with Gasteiger partial charge in [0, 0.05) is 32.2 Å². The molecule has 26 heavy (non-hydrogen) atoms. The lowest BCUT2D eigenvalue weighted by Crippen LogP contribution is -2.54. The van der Waals surface area contributed by atoms with Crippen LogP contribution in [-0.2, 0) is 9.53 Å². The van der Waals surface area contributed by atoms with Crippen molar-refractivity contribution < 1.29 is 14.3 Å². The molecule has 1 aromatic carbocycles. The summed E-state index contributed by atoms with van der Waals surface area (Å²) < 4.78 is 5.31. The highest BCUT2D eigenvalue weighted by molar-refractivity contribution is 5.94. The third-order valence-electron chi connectivity index (χ3n) is 4.96. The van der Waals surface area contributed by atoms with Gasteiger partial charge in [0.1, 0.15) is 0 Å². The van der Waals surface area contributed by atoms with Crippen molar-refractivity contribution in [2.75, 3.05) is 39.4 Å². The minimum Gasteiger partial charge on any atom is -0.378 e. The van der Waals surface area contributed by atoms with Crippen LogP contribution in [0.1, 0.15) is 17.0 Å². The largest absolute Gasteiger partial charge is 0.378 e. The third kappa shape index (κ3) is 3.56. The van der Waals surface area contributed by atoms with Gasteiger partial charge in [-0.3, -0.25) is 9.59 Å². The highest BCUT2D eigenvalue weighted by Crippen LogP contribution is 2.16. The second-order valence-electron chi connectivity index (χ2n) is 6.80. The van der Waals surface area contributed by atoms with E-state index in [1.54, 1.807) is 0 Å². The Hall–Kier alpha value is -2.45. The highest BCUT2D eigenvalue weighted by Gasteiger charge is 2.32. The zero-order valence-corrected chi connectivity index (χ0v) is 14.5. The number of ether oxygens (including phenoxy) is 1. The number of aromatic amines is 1. The summed E-state index contributed by atoms with van der Waals surface area (Å²) >= 11 is 0. The maximum atomic E-state index is 12.7. The molecule has 8 heteroatoms. The first kappa shape index (κ1) is 17.0. The second kappa shape index (κ2) is 7.43. The second-order valence-corrected chi connectivity index (χ2v) is 6.80. The lowest BCUT2D eigenvalue weighted by molar-refractivity contribution is -0.140. The standard InChI is InChI=1S/C18H23N5O3/c24-17(16-21-14-3-1-2-4-15(14)22-16)20-13-9-12(10-19-11-13)18(25)23-5-7-26-8-6-23/h1-4,12-13,19H,5-11H2,(H,20,24)(H,21,22)/t12-,13+/m1/s1. The van der Waals surface area contributed by atoms with Gasteiger partial charge in [-0.25, -0.2) is 4.98 Å². The van der Waals surface area contributed by atoms with E-state index >= 15 is 0 Å². The lowest BCUT2D eigenvalue weighted by atomic mass is 9.94. The molecule has 0 spiro atoms. The van der Waals surface area contributed by atoms with E-state index in [0.29, 0.717) is 51.6 Å². The van der Waals surface area contributed by atoms with E-state index in [9.17, 15) is 9.59 Å².